The van der Waals surface area contributed by atoms with Gasteiger partial charge in [-0.15, -0.1) is 12.4 Å². The lowest BCUT2D eigenvalue weighted by atomic mass is 10.2. The Morgan fingerprint density at radius 1 is 1.06 bits per heavy atom. The summed E-state index contributed by atoms with van der Waals surface area (Å²) < 4.78 is 63.0. The van der Waals surface area contributed by atoms with Gasteiger partial charge in [-0.25, -0.2) is 18.1 Å². The molecule has 1 heterocycles. The van der Waals surface area contributed by atoms with Crippen molar-refractivity contribution in [3.8, 4) is 11.5 Å². The lowest BCUT2D eigenvalue weighted by Gasteiger charge is -2.28. The third-order valence-electron chi connectivity index (χ3n) is 4.55. The molecular weight excluding hydrogens is 540 g/mol. The Morgan fingerprint density at radius 3 is 2.33 bits per heavy atom. The molecule has 0 atom stereocenters. The van der Waals surface area contributed by atoms with E-state index in [1.807, 2.05) is 0 Å². The standard InChI is InChI=1S/C20H26N4O9S2.ClH/c1-3-17-18(34(25,26)24-31-13-32-24)6-4-7-19(17)35(27,28)33-16-11-14(2)10-15(12-16)29-8-5-9-30-23-20(21)22;/h4,6-7,10-12H,3,5,8-9,13H2,1-2H3,(H4,21,22,23);1H. The smallest absolute Gasteiger partial charge is 0.339 e. The van der Waals surface area contributed by atoms with Crippen LogP contribution in [0.25, 0.3) is 0 Å². The van der Waals surface area contributed by atoms with Crippen LogP contribution >= 0.6 is 12.4 Å². The van der Waals surface area contributed by atoms with Gasteiger partial charge in [0.25, 0.3) is 10.0 Å². The van der Waals surface area contributed by atoms with Crippen LogP contribution in [0, 0.1) is 6.92 Å². The summed E-state index contributed by atoms with van der Waals surface area (Å²) in [6.45, 7) is 3.61. The van der Waals surface area contributed by atoms with Crippen LogP contribution in [0.15, 0.2) is 51.3 Å². The molecule has 0 amide bonds. The van der Waals surface area contributed by atoms with Gasteiger partial charge in [-0.3, -0.25) is 0 Å². The molecule has 0 unspecified atom stereocenters. The van der Waals surface area contributed by atoms with Gasteiger partial charge in [0, 0.05) is 12.5 Å². The lowest BCUT2D eigenvalue weighted by Crippen LogP contribution is -2.42. The Labute approximate surface area is 215 Å². The third kappa shape index (κ3) is 7.11. The monoisotopic (exact) mass is 566 g/mol. The highest BCUT2D eigenvalue weighted by atomic mass is 35.5. The number of oxime groups is 1. The molecule has 2 aromatic carbocycles. The molecule has 36 heavy (non-hydrogen) atoms. The molecule has 1 aliphatic heterocycles. The van der Waals surface area contributed by atoms with Gasteiger partial charge in [-0.2, -0.15) is 8.42 Å². The second-order valence-corrected chi connectivity index (χ2v) is 10.4. The van der Waals surface area contributed by atoms with Gasteiger partial charge in [0.1, 0.15) is 23.0 Å². The molecule has 1 saturated heterocycles. The zero-order valence-corrected chi connectivity index (χ0v) is 21.9. The van der Waals surface area contributed by atoms with Crippen molar-refractivity contribution in [1.82, 2.24) is 4.63 Å². The van der Waals surface area contributed by atoms with Gasteiger partial charge in [-0.05, 0) is 53.9 Å². The Morgan fingerprint density at radius 2 is 1.72 bits per heavy atom. The van der Waals surface area contributed by atoms with Gasteiger partial charge >= 0.3 is 10.1 Å². The van der Waals surface area contributed by atoms with Gasteiger partial charge in [0.05, 0.1) is 16.1 Å². The molecule has 0 aromatic heterocycles. The first-order chi connectivity index (χ1) is 16.5. The van der Waals surface area contributed by atoms with Crippen molar-refractivity contribution in [3.63, 3.8) is 0 Å². The average Bonchev–Trinajstić information content (AvgIpc) is 2.73. The van der Waals surface area contributed by atoms with Crippen molar-refractivity contribution in [2.75, 3.05) is 20.0 Å². The molecule has 2 aromatic rings. The number of ether oxygens (including phenoxy) is 1. The van der Waals surface area contributed by atoms with E-state index in [1.54, 1.807) is 19.9 Å². The van der Waals surface area contributed by atoms with Crippen LogP contribution < -0.4 is 20.4 Å². The number of nitrogens with two attached hydrogens (primary N) is 2. The van der Waals surface area contributed by atoms with Gasteiger partial charge in [0.2, 0.25) is 5.96 Å². The second kappa shape index (κ2) is 12.4. The van der Waals surface area contributed by atoms with E-state index in [0.29, 0.717) is 22.4 Å². The van der Waals surface area contributed by atoms with Gasteiger partial charge in [-0.1, -0.05) is 13.0 Å². The largest absolute Gasteiger partial charge is 0.493 e. The number of guanidine groups is 1. The number of hydrogen-bond donors (Lipinski definition) is 2. The highest BCUT2D eigenvalue weighted by Gasteiger charge is 2.36. The van der Waals surface area contributed by atoms with E-state index < -0.39 is 20.1 Å². The van der Waals surface area contributed by atoms with E-state index in [2.05, 4.69) is 5.16 Å². The van der Waals surface area contributed by atoms with Crippen molar-refractivity contribution in [2.45, 2.75) is 36.5 Å². The fourth-order valence-electron chi connectivity index (χ4n) is 3.14. The Balaban J connectivity index is 0.00000456. The van der Waals surface area contributed by atoms with Crippen LogP contribution in [0.1, 0.15) is 24.5 Å². The SMILES string of the molecule is CCc1c(S(=O)(=O)Oc2cc(C)cc(OCCCON=C(N)N)c2)cccc1S(=O)(=O)N1OCO1.Cl. The highest BCUT2D eigenvalue weighted by molar-refractivity contribution is 7.89. The van der Waals surface area contributed by atoms with Crippen molar-refractivity contribution >= 4 is 38.5 Å². The lowest BCUT2D eigenvalue weighted by molar-refractivity contribution is -0.464. The maximum atomic E-state index is 13.1. The predicted octanol–water partition coefficient (Wildman–Crippen LogP) is 1.55. The summed E-state index contributed by atoms with van der Waals surface area (Å²) in [5.41, 5.74) is 11.0. The average molecular weight is 567 g/mol. The second-order valence-electron chi connectivity index (χ2n) is 7.23. The quantitative estimate of drug-likeness (QED) is 0.125. The summed E-state index contributed by atoms with van der Waals surface area (Å²) in [5, 5.41) is 3.40. The number of hydrogen-bond acceptors (Lipinski definition) is 10. The normalized spacial score (nSPS) is 13.7. The Hall–Kier alpha value is -2.82. The van der Waals surface area contributed by atoms with Crippen LogP contribution in [-0.4, -0.2) is 47.4 Å². The van der Waals surface area contributed by atoms with Crippen LogP contribution in [0.3, 0.4) is 0 Å². The van der Waals surface area contributed by atoms with Crippen molar-refractivity contribution in [3.05, 3.63) is 47.5 Å². The maximum absolute atomic E-state index is 13.1. The van der Waals surface area contributed by atoms with Crippen molar-refractivity contribution in [1.29, 1.82) is 0 Å². The zero-order chi connectivity index (χ0) is 25.6. The molecule has 16 heteroatoms. The molecule has 0 spiro atoms. The fourth-order valence-corrected chi connectivity index (χ4v) is 5.78. The van der Waals surface area contributed by atoms with E-state index in [4.69, 9.17) is 34.9 Å². The molecule has 13 nitrogen and oxygen atoms in total. The van der Waals surface area contributed by atoms with E-state index in [-0.39, 0.29) is 65.9 Å². The molecule has 0 radical (unpaired) electrons. The summed E-state index contributed by atoms with van der Waals surface area (Å²) >= 11 is 0. The molecule has 0 bridgehead atoms. The van der Waals surface area contributed by atoms with E-state index in [9.17, 15) is 16.8 Å². The molecule has 1 aliphatic rings. The summed E-state index contributed by atoms with van der Waals surface area (Å²) in [5.74, 6) is 0.182. The first-order valence-electron chi connectivity index (χ1n) is 10.4. The molecule has 200 valence electrons. The minimum Gasteiger partial charge on any atom is -0.493 e. The minimum absolute atomic E-state index is 0. The Bertz CT molecular complexity index is 1300. The number of rotatable bonds is 12. The van der Waals surface area contributed by atoms with E-state index >= 15 is 0 Å². The van der Waals surface area contributed by atoms with Crippen molar-refractivity contribution in [2.24, 2.45) is 16.6 Å². The molecule has 3 rings (SSSR count). The Kier molecular flexibility index (Phi) is 10.2. The topological polar surface area (TPSA) is 182 Å². The van der Waals surface area contributed by atoms with E-state index in [0.717, 1.165) is 0 Å². The molecule has 0 saturated carbocycles. The summed E-state index contributed by atoms with van der Waals surface area (Å²) in [6.07, 6.45) is 0.552. The number of aryl methyl sites for hydroxylation is 1. The summed E-state index contributed by atoms with van der Waals surface area (Å²) in [6, 6.07) is 8.48. The number of benzene rings is 2. The van der Waals surface area contributed by atoms with Gasteiger partial charge in [0.15, 0.2) is 6.79 Å². The number of nitrogens with zero attached hydrogens (tertiary/aromatic N) is 2. The first kappa shape index (κ1) is 29.4. The van der Waals surface area contributed by atoms with Crippen LogP contribution in [-0.2, 0) is 41.1 Å². The summed E-state index contributed by atoms with van der Waals surface area (Å²) in [4.78, 5) is 13.8. The summed E-state index contributed by atoms with van der Waals surface area (Å²) in [7, 11) is -8.63. The number of sulfonamides is 1. The zero-order valence-electron chi connectivity index (χ0n) is 19.4. The van der Waals surface area contributed by atoms with Crippen molar-refractivity contribution < 1.29 is 40.3 Å². The van der Waals surface area contributed by atoms with Gasteiger partial charge < -0.3 is 25.2 Å². The van der Waals surface area contributed by atoms with Crippen LogP contribution in [0.4, 0.5) is 0 Å². The maximum Gasteiger partial charge on any atom is 0.339 e. The first-order valence-corrected chi connectivity index (χ1v) is 13.2. The predicted molar refractivity (Wildman–Crippen MR) is 130 cm³/mol. The fraction of sp³-hybridized carbons (Fsp3) is 0.350. The molecule has 0 aliphatic carbocycles. The molecular formula is C20H27ClN4O9S2. The van der Waals surface area contributed by atoms with Crippen LogP contribution in [0.5, 0.6) is 11.5 Å². The third-order valence-corrected chi connectivity index (χ3v) is 7.43. The molecule has 1 fully saturated rings. The molecule has 4 N–H and O–H groups in total. The number of halogens is 1. The van der Waals surface area contributed by atoms with Crippen LogP contribution in [0.2, 0.25) is 0 Å². The van der Waals surface area contributed by atoms with E-state index in [1.165, 1.54) is 30.3 Å². The minimum atomic E-state index is -4.41. The highest BCUT2D eigenvalue weighted by Crippen LogP contribution is 2.31.